The average Bonchev–Trinajstić information content (AvgIpc) is 2.82. The molecule has 90 valence electrons. The van der Waals surface area contributed by atoms with Crippen LogP contribution in [0.15, 0.2) is 16.6 Å². The maximum atomic E-state index is 10.5. The van der Waals surface area contributed by atoms with E-state index in [1.54, 1.807) is 11.3 Å². The molecule has 0 saturated carbocycles. The Balaban J connectivity index is 2.23. The van der Waals surface area contributed by atoms with Gasteiger partial charge in [0.2, 0.25) is 0 Å². The van der Waals surface area contributed by atoms with E-state index in [0.29, 0.717) is 5.16 Å². The van der Waals surface area contributed by atoms with E-state index < -0.39 is 5.97 Å². The van der Waals surface area contributed by atoms with E-state index in [4.69, 9.17) is 5.11 Å². The number of thioether (sulfide) groups is 1. The van der Waals surface area contributed by atoms with Crippen LogP contribution in [0.25, 0.3) is 11.4 Å². The fourth-order valence-electron chi connectivity index (χ4n) is 1.25. The molecule has 8 heteroatoms. The molecule has 0 spiro atoms. The molecule has 0 bridgehead atoms. The lowest BCUT2D eigenvalue weighted by Crippen LogP contribution is -2.00. The van der Waals surface area contributed by atoms with Gasteiger partial charge in [-0.3, -0.25) is 4.79 Å². The largest absolute Gasteiger partial charge is 0.481 e. The maximum absolute atomic E-state index is 10.5. The number of thiophene rings is 1. The molecule has 2 aromatic rings. The monoisotopic (exact) mass is 381 g/mol. The molecule has 0 saturated heterocycles. The highest BCUT2D eigenvalue weighted by molar-refractivity contribution is 14.1. The number of hydrogen-bond donors (Lipinski definition) is 1. The molecule has 2 rings (SSSR count). The van der Waals surface area contributed by atoms with Crippen LogP contribution in [0.2, 0.25) is 0 Å². The molecule has 2 aromatic heterocycles. The number of carboxylic acids is 1. The Bertz CT molecular complexity index is 552. The summed E-state index contributed by atoms with van der Waals surface area (Å²) in [7, 11) is 1.84. The lowest BCUT2D eigenvalue weighted by molar-refractivity contribution is -0.133. The minimum Gasteiger partial charge on any atom is -0.481 e. The normalized spacial score (nSPS) is 10.7. The first-order valence-corrected chi connectivity index (χ1v) is 7.50. The molecule has 0 aliphatic carbocycles. The first-order valence-electron chi connectivity index (χ1n) is 4.56. The van der Waals surface area contributed by atoms with Crippen molar-refractivity contribution in [3.8, 4) is 11.4 Å². The van der Waals surface area contributed by atoms with Gasteiger partial charge in [0.05, 0.1) is 8.64 Å². The first kappa shape index (κ1) is 12.8. The summed E-state index contributed by atoms with van der Waals surface area (Å²) in [6, 6.07) is 2.03. The molecule has 0 fully saturated rings. The lowest BCUT2D eigenvalue weighted by Gasteiger charge is -2.00. The number of carboxylic acid groups (broad SMARTS) is 1. The van der Waals surface area contributed by atoms with Crippen LogP contribution in [0.5, 0.6) is 0 Å². The third-order valence-electron chi connectivity index (χ3n) is 1.99. The van der Waals surface area contributed by atoms with Crippen LogP contribution in [0.1, 0.15) is 0 Å². The fraction of sp³-hybridized carbons (Fsp3) is 0.222. The van der Waals surface area contributed by atoms with Gasteiger partial charge in [-0.2, -0.15) is 0 Å². The summed E-state index contributed by atoms with van der Waals surface area (Å²) in [6.07, 6.45) is 0. The Labute approximate surface area is 119 Å². The predicted octanol–water partition coefficient (Wildman–Crippen LogP) is 2.32. The number of rotatable bonds is 4. The van der Waals surface area contributed by atoms with Crippen molar-refractivity contribution in [3.63, 3.8) is 0 Å². The molecule has 5 nitrogen and oxygen atoms in total. The average molecular weight is 381 g/mol. The molecule has 0 aromatic carbocycles. The molecular formula is C9H8IN3O2S2. The first-order chi connectivity index (χ1) is 8.08. The van der Waals surface area contributed by atoms with E-state index in [-0.39, 0.29) is 5.75 Å². The maximum Gasteiger partial charge on any atom is 0.313 e. The quantitative estimate of drug-likeness (QED) is 0.651. The van der Waals surface area contributed by atoms with E-state index >= 15 is 0 Å². The van der Waals surface area contributed by atoms with Gasteiger partial charge in [0, 0.05) is 18.0 Å². The van der Waals surface area contributed by atoms with Crippen molar-refractivity contribution in [1.82, 2.24) is 14.8 Å². The van der Waals surface area contributed by atoms with Crippen LogP contribution < -0.4 is 0 Å². The highest BCUT2D eigenvalue weighted by atomic mass is 127. The molecule has 0 atom stereocenters. The Morgan fingerprint density at radius 1 is 1.65 bits per heavy atom. The molecule has 0 unspecified atom stereocenters. The van der Waals surface area contributed by atoms with Crippen molar-refractivity contribution >= 4 is 51.7 Å². The molecule has 0 aliphatic heterocycles. The SMILES string of the molecule is Cn1c(SCC(=O)O)nnc1-c1csc(I)c1. The lowest BCUT2D eigenvalue weighted by atomic mass is 10.3. The van der Waals surface area contributed by atoms with Gasteiger partial charge in [0.1, 0.15) is 0 Å². The van der Waals surface area contributed by atoms with Gasteiger partial charge in [-0.05, 0) is 28.7 Å². The fourth-order valence-corrected chi connectivity index (χ4v) is 3.20. The summed E-state index contributed by atoms with van der Waals surface area (Å²) >= 11 is 5.06. The van der Waals surface area contributed by atoms with Gasteiger partial charge in [-0.15, -0.1) is 21.5 Å². The Kier molecular flexibility index (Phi) is 4.05. The molecule has 2 heterocycles. The third-order valence-corrected chi connectivity index (χ3v) is 4.78. The summed E-state index contributed by atoms with van der Waals surface area (Å²) < 4.78 is 2.99. The summed E-state index contributed by atoms with van der Waals surface area (Å²) in [6.45, 7) is 0. The summed E-state index contributed by atoms with van der Waals surface area (Å²) in [5, 5.41) is 19.3. The zero-order chi connectivity index (χ0) is 12.4. The van der Waals surface area contributed by atoms with E-state index in [1.165, 1.54) is 14.6 Å². The smallest absolute Gasteiger partial charge is 0.313 e. The van der Waals surface area contributed by atoms with Crippen molar-refractivity contribution < 1.29 is 9.90 Å². The Hall–Kier alpha value is -0.610. The van der Waals surface area contributed by atoms with Crippen molar-refractivity contribution in [3.05, 3.63) is 14.3 Å². The van der Waals surface area contributed by atoms with Crippen molar-refractivity contribution in [2.75, 3.05) is 5.75 Å². The van der Waals surface area contributed by atoms with Gasteiger partial charge >= 0.3 is 5.97 Å². The molecule has 0 aliphatic rings. The highest BCUT2D eigenvalue weighted by Gasteiger charge is 2.13. The van der Waals surface area contributed by atoms with Crippen molar-refractivity contribution in [1.29, 1.82) is 0 Å². The number of hydrogen-bond acceptors (Lipinski definition) is 5. The molecular weight excluding hydrogens is 373 g/mol. The molecule has 1 N–H and O–H groups in total. The molecule has 0 amide bonds. The number of carbonyl (C=O) groups is 1. The molecule has 0 radical (unpaired) electrons. The van der Waals surface area contributed by atoms with Crippen LogP contribution in [-0.4, -0.2) is 31.6 Å². The van der Waals surface area contributed by atoms with Gasteiger partial charge in [0.15, 0.2) is 11.0 Å². The number of aliphatic carboxylic acids is 1. The van der Waals surface area contributed by atoms with Gasteiger partial charge in [0.25, 0.3) is 0 Å². The van der Waals surface area contributed by atoms with Gasteiger partial charge in [-0.25, -0.2) is 0 Å². The van der Waals surface area contributed by atoms with E-state index in [9.17, 15) is 4.79 Å². The zero-order valence-electron chi connectivity index (χ0n) is 8.75. The predicted molar refractivity (Wildman–Crippen MR) is 75.4 cm³/mol. The summed E-state index contributed by atoms with van der Waals surface area (Å²) in [5.74, 6) is -0.102. The minimum absolute atomic E-state index is 0.00680. The zero-order valence-corrected chi connectivity index (χ0v) is 12.5. The van der Waals surface area contributed by atoms with Crippen molar-refractivity contribution in [2.24, 2.45) is 7.05 Å². The number of halogens is 1. The second kappa shape index (κ2) is 5.36. The van der Waals surface area contributed by atoms with Gasteiger partial charge < -0.3 is 9.67 Å². The van der Waals surface area contributed by atoms with Crippen LogP contribution in [0, 0.1) is 2.88 Å². The second-order valence-corrected chi connectivity index (χ2v) is 6.94. The van der Waals surface area contributed by atoms with E-state index in [2.05, 4.69) is 32.8 Å². The Morgan fingerprint density at radius 3 is 3.00 bits per heavy atom. The summed E-state index contributed by atoms with van der Waals surface area (Å²) in [5.41, 5.74) is 1.01. The third kappa shape index (κ3) is 2.99. The van der Waals surface area contributed by atoms with Crippen LogP contribution in [0.4, 0.5) is 0 Å². The molecule has 17 heavy (non-hydrogen) atoms. The highest BCUT2D eigenvalue weighted by Crippen LogP contribution is 2.27. The number of aromatic nitrogens is 3. The topological polar surface area (TPSA) is 68.0 Å². The van der Waals surface area contributed by atoms with Gasteiger partial charge in [-0.1, -0.05) is 11.8 Å². The van der Waals surface area contributed by atoms with Crippen LogP contribution in [-0.2, 0) is 11.8 Å². The van der Waals surface area contributed by atoms with Crippen molar-refractivity contribution in [2.45, 2.75) is 5.16 Å². The standard InChI is InChI=1S/C9H8IN3O2S2/c1-13-8(5-2-6(10)16-3-5)11-12-9(13)17-4-7(14)15/h2-3H,4H2,1H3,(H,14,15). The number of nitrogens with zero attached hydrogens (tertiary/aromatic N) is 3. The second-order valence-electron chi connectivity index (χ2n) is 3.19. The van der Waals surface area contributed by atoms with E-state index in [0.717, 1.165) is 11.4 Å². The minimum atomic E-state index is -0.857. The summed E-state index contributed by atoms with van der Waals surface area (Å²) in [4.78, 5) is 10.5. The van der Waals surface area contributed by atoms with Crippen LogP contribution >= 0.6 is 45.7 Å². The van der Waals surface area contributed by atoms with Crippen LogP contribution in [0.3, 0.4) is 0 Å². The Morgan fingerprint density at radius 2 is 2.41 bits per heavy atom. The van der Waals surface area contributed by atoms with E-state index in [1.807, 2.05) is 23.1 Å².